The van der Waals surface area contributed by atoms with Crippen LogP contribution in [-0.4, -0.2) is 41.5 Å². The number of aromatic amines is 1. The molecule has 1 aliphatic rings. The molecule has 0 aliphatic carbocycles. The Kier molecular flexibility index (Phi) is 5.96. The molecule has 3 rings (SSSR count). The fourth-order valence-corrected chi connectivity index (χ4v) is 4.00. The van der Waals surface area contributed by atoms with E-state index in [1.54, 1.807) is 0 Å². The average Bonchev–Trinajstić information content (AvgIpc) is 3.04. The number of carbonyl (C=O) groups is 2. The number of piperidine rings is 1. The first kappa shape index (κ1) is 18.5. The number of carbonyl (C=O) groups excluding carboxylic acids is 2. The highest BCUT2D eigenvalue weighted by Crippen LogP contribution is 2.30. The van der Waals surface area contributed by atoms with Gasteiger partial charge in [0, 0.05) is 43.0 Å². The van der Waals surface area contributed by atoms with Gasteiger partial charge in [0.05, 0.1) is 6.61 Å². The Morgan fingerprint density at radius 3 is 2.85 bits per heavy atom. The molecule has 0 spiro atoms. The highest BCUT2D eigenvalue weighted by Gasteiger charge is 2.34. The third kappa shape index (κ3) is 4.09. The second kappa shape index (κ2) is 8.39. The van der Waals surface area contributed by atoms with Gasteiger partial charge in [0.1, 0.15) is 0 Å². The number of fused-ring (bicyclic) bond motifs is 1. The van der Waals surface area contributed by atoms with E-state index in [2.05, 4.69) is 24.0 Å². The first-order valence-corrected chi connectivity index (χ1v) is 9.60. The van der Waals surface area contributed by atoms with Crippen LogP contribution in [0.5, 0.6) is 0 Å². The molecule has 1 amide bonds. The Morgan fingerprint density at radius 1 is 1.27 bits per heavy atom. The van der Waals surface area contributed by atoms with Gasteiger partial charge in [-0.1, -0.05) is 31.5 Å². The SMILES string of the molecule is CCOC(=O)C[C@H]1CC(=O)N(CCc2c[nH]c3ccccc23)C[C@@H]1CC. The van der Waals surface area contributed by atoms with Crippen LogP contribution in [0.4, 0.5) is 0 Å². The molecular weight excluding hydrogens is 328 g/mol. The lowest BCUT2D eigenvalue weighted by Crippen LogP contribution is -2.45. The molecule has 0 saturated carbocycles. The minimum Gasteiger partial charge on any atom is -0.466 e. The van der Waals surface area contributed by atoms with Crippen LogP contribution in [0, 0.1) is 11.8 Å². The third-order valence-corrected chi connectivity index (χ3v) is 5.50. The van der Waals surface area contributed by atoms with Gasteiger partial charge in [-0.05, 0) is 36.8 Å². The van der Waals surface area contributed by atoms with Crippen LogP contribution in [0.25, 0.3) is 10.9 Å². The highest BCUT2D eigenvalue weighted by atomic mass is 16.5. The Labute approximate surface area is 154 Å². The molecule has 0 bridgehead atoms. The topological polar surface area (TPSA) is 62.4 Å². The molecule has 5 nitrogen and oxygen atoms in total. The Balaban J connectivity index is 1.61. The number of likely N-dealkylation sites (tertiary alicyclic amines) is 1. The van der Waals surface area contributed by atoms with Crippen LogP contribution < -0.4 is 0 Å². The molecule has 26 heavy (non-hydrogen) atoms. The van der Waals surface area contributed by atoms with Crippen molar-refractivity contribution in [1.29, 1.82) is 0 Å². The predicted octanol–water partition coefficient (Wildman–Crippen LogP) is 3.54. The lowest BCUT2D eigenvalue weighted by atomic mass is 9.81. The minimum atomic E-state index is -0.184. The number of nitrogens with one attached hydrogen (secondary N) is 1. The van der Waals surface area contributed by atoms with E-state index in [0.29, 0.717) is 25.4 Å². The highest BCUT2D eigenvalue weighted by molar-refractivity contribution is 5.83. The van der Waals surface area contributed by atoms with Crippen molar-refractivity contribution >= 4 is 22.8 Å². The summed E-state index contributed by atoms with van der Waals surface area (Å²) in [5.74, 6) is 0.441. The van der Waals surface area contributed by atoms with Crippen molar-refractivity contribution < 1.29 is 14.3 Å². The second-order valence-corrected chi connectivity index (χ2v) is 7.09. The van der Waals surface area contributed by atoms with Gasteiger partial charge in [-0.25, -0.2) is 0 Å². The summed E-state index contributed by atoms with van der Waals surface area (Å²) >= 11 is 0. The smallest absolute Gasteiger partial charge is 0.306 e. The van der Waals surface area contributed by atoms with E-state index in [1.807, 2.05) is 30.2 Å². The number of para-hydroxylation sites is 1. The summed E-state index contributed by atoms with van der Waals surface area (Å²) < 4.78 is 5.07. The van der Waals surface area contributed by atoms with E-state index in [0.717, 1.165) is 31.4 Å². The number of hydrogen-bond donors (Lipinski definition) is 1. The van der Waals surface area contributed by atoms with Crippen LogP contribution in [-0.2, 0) is 20.7 Å². The number of esters is 1. The predicted molar refractivity (Wildman–Crippen MR) is 102 cm³/mol. The molecule has 0 radical (unpaired) electrons. The summed E-state index contributed by atoms with van der Waals surface area (Å²) in [6.07, 6.45) is 4.66. The van der Waals surface area contributed by atoms with E-state index >= 15 is 0 Å². The van der Waals surface area contributed by atoms with Gasteiger partial charge in [0.15, 0.2) is 0 Å². The van der Waals surface area contributed by atoms with Crippen molar-refractivity contribution in [3.63, 3.8) is 0 Å². The van der Waals surface area contributed by atoms with Gasteiger partial charge in [-0.15, -0.1) is 0 Å². The van der Waals surface area contributed by atoms with E-state index in [9.17, 15) is 9.59 Å². The summed E-state index contributed by atoms with van der Waals surface area (Å²) in [7, 11) is 0. The summed E-state index contributed by atoms with van der Waals surface area (Å²) in [6, 6.07) is 8.24. The van der Waals surface area contributed by atoms with Crippen LogP contribution in [0.2, 0.25) is 0 Å². The molecule has 2 atom stereocenters. The van der Waals surface area contributed by atoms with Crippen LogP contribution in [0.1, 0.15) is 38.7 Å². The van der Waals surface area contributed by atoms with Gasteiger partial charge in [-0.2, -0.15) is 0 Å². The molecule has 1 aromatic heterocycles. The van der Waals surface area contributed by atoms with Crippen LogP contribution >= 0.6 is 0 Å². The van der Waals surface area contributed by atoms with Crippen molar-refractivity contribution in [1.82, 2.24) is 9.88 Å². The lowest BCUT2D eigenvalue weighted by Gasteiger charge is -2.37. The molecule has 1 aromatic carbocycles. The standard InChI is InChI=1S/C21H28N2O3/c1-3-15-14-23(20(24)11-17(15)12-21(25)26-4-2)10-9-16-13-22-19-8-6-5-7-18(16)19/h5-8,13,15,17,22H,3-4,9-12,14H2,1-2H3/t15-,17+/m0/s1. The Bertz CT molecular complexity index is 767. The molecule has 2 aromatic rings. The minimum absolute atomic E-state index is 0.107. The number of amides is 1. The largest absolute Gasteiger partial charge is 0.466 e. The lowest BCUT2D eigenvalue weighted by molar-refractivity contribution is -0.147. The molecular formula is C21H28N2O3. The second-order valence-electron chi connectivity index (χ2n) is 7.09. The van der Waals surface area contributed by atoms with E-state index in [1.165, 1.54) is 10.9 Å². The zero-order valence-corrected chi connectivity index (χ0v) is 15.7. The average molecular weight is 356 g/mol. The fraction of sp³-hybridized carbons (Fsp3) is 0.524. The number of H-pyrrole nitrogens is 1. The van der Waals surface area contributed by atoms with Crippen molar-refractivity contribution in [3.05, 3.63) is 36.0 Å². The van der Waals surface area contributed by atoms with Crippen LogP contribution in [0.3, 0.4) is 0 Å². The quantitative estimate of drug-likeness (QED) is 0.772. The van der Waals surface area contributed by atoms with E-state index < -0.39 is 0 Å². The summed E-state index contributed by atoms with van der Waals surface area (Å²) in [5, 5.41) is 1.23. The van der Waals surface area contributed by atoms with Crippen molar-refractivity contribution in [2.45, 2.75) is 39.5 Å². The normalized spacial score (nSPS) is 20.5. The fourth-order valence-electron chi connectivity index (χ4n) is 4.00. The van der Waals surface area contributed by atoms with E-state index in [4.69, 9.17) is 4.74 Å². The Hall–Kier alpha value is -2.30. The van der Waals surface area contributed by atoms with Crippen molar-refractivity contribution in [2.75, 3.05) is 19.7 Å². The van der Waals surface area contributed by atoms with Gasteiger partial charge >= 0.3 is 5.97 Å². The number of nitrogens with zero attached hydrogens (tertiary/aromatic N) is 1. The zero-order valence-electron chi connectivity index (χ0n) is 15.7. The summed E-state index contributed by atoms with van der Waals surface area (Å²) in [6.45, 7) is 5.81. The molecule has 1 N–H and O–H groups in total. The molecule has 1 aliphatic heterocycles. The van der Waals surface area contributed by atoms with E-state index in [-0.39, 0.29) is 17.8 Å². The first-order valence-electron chi connectivity index (χ1n) is 9.60. The van der Waals surface area contributed by atoms with Crippen molar-refractivity contribution in [2.24, 2.45) is 11.8 Å². The molecule has 1 saturated heterocycles. The number of rotatable bonds is 7. The number of hydrogen-bond acceptors (Lipinski definition) is 3. The molecule has 140 valence electrons. The summed E-state index contributed by atoms with van der Waals surface area (Å²) in [4.78, 5) is 29.7. The Morgan fingerprint density at radius 2 is 2.08 bits per heavy atom. The molecule has 2 heterocycles. The maximum atomic E-state index is 12.6. The monoisotopic (exact) mass is 356 g/mol. The number of ether oxygens (including phenoxy) is 1. The maximum Gasteiger partial charge on any atom is 0.306 e. The number of benzene rings is 1. The number of aromatic nitrogens is 1. The molecule has 5 heteroatoms. The van der Waals surface area contributed by atoms with Gasteiger partial charge in [0.2, 0.25) is 5.91 Å². The van der Waals surface area contributed by atoms with Gasteiger partial charge in [-0.3, -0.25) is 9.59 Å². The maximum absolute atomic E-state index is 12.6. The van der Waals surface area contributed by atoms with Crippen LogP contribution in [0.15, 0.2) is 30.5 Å². The third-order valence-electron chi connectivity index (χ3n) is 5.50. The molecule has 0 unspecified atom stereocenters. The van der Waals surface area contributed by atoms with Gasteiger partial charge in [0.25, 0.3) is 0 Å². The van der Waals surface area contributed by atoms with Gasteiger partial charge < -0.3 is 14.6 Å². The van der Waals surface area contributed by atoms with Crippen molar-refractivity contribution in [3.8, 4) is 0 Å². The molecule has 1 fully saturated rings. The summed E-state index contributed by atoms with van der Waals surface area (Å²) in [5.41, 5.74) is 2.38. The first-order chi connectivity index (χ1) is 12.6. The zero-order chi connectivity index (χ0) is 18.5.